The number of benzene rings is 1. The smallest absolute Gasteiger partial charge is 0.0310 e. The molecule has 0 aliphatic rings. The average molecular weight is 289 g/mol. The van der Waals surface area contributed by atoms with Crippen molar-refractivity contribution in [1.82, 2.24) is 5.32 Å². The van der Waals surface area contributed by atoms with E-state index in [0.717, 1.165) is 10.9 Å². The van der Waals surface area contributed by atoms with Gasteiger partial charge in [-0.05, 0) is 31.0 Å². The van der Waals surface area contributed by atoms with E-state index in [1.807, 2.05) is 12.1 Å². The maximum absolute atomic E-state index is 5.69. The Morgan fingerprint density at radius 1 is 1.60 bits per heavy atom. The van der Waals surface area contributed by atoms with Crippen LogP contribution in [0.5, 0.6) is 0 Å². The summed E-state index contributed by atoms with van der Waals surface area (Å²) >= 11 is 9.14. The molecule has 1 atom stereocenters. The van der Waals surface area contributed by atoms with Gasteiger partial charge in [-0.2, -0.15) is 0 Å². The van der Waals surface area contributed by atoms with Gasteiger partial charge in [-0.15, -0.1) is 0 Å². The number of halogens is 2. The molecule has 0 saturated heterocycles. The van der Waals surface area contributed by atoms with Crippen molar-refractivity contribution in [1.29, 1.82) is 0 Å². The van der Waals surface area contributed by atoms with Crippen LogP contribution < -0.4 is 5.32 Å². The molecule has 0 aromatic heterocycles. The molecule has 0 bridgehead atoms. The third kappa shape index (κ3) is 5.36. The minimum Gasteiger partial charge on any atom is -0.309 e. The van der Waals surface area contributed by atoms with Crippen molar-refractivity contribution < 1.29 is 0 Å². The van der Waals surface area contributed by atoms with E-state index in [1.165, 1.54) is 5.56 Å². The van der Waals surface area contributed by atoms with Gasteiger partial charge in [-0.1, -0.05) is 46.2 Å². The average Bonchev–Trinajstić information content (AvgIpc) is 2.15. The molecular formula is C12H15BrClN. The molecule has 0 radical (unpaired) electrons. The van der Waals surface area contributed by atoms with Gasteiger partial charge in [-0.3, -0.25) is 0 Å². The zero-order chi connectivity index (χ0) is 11.3. The van der Waals surface area contributed by atoms with E-state index in [0.29, 0.717) is 17.6 Å². The maximum atomic E-state index is 5.69. The summed E-state index contributed by atoms with van der Waals surface area (Å²) in [5.41, 5.74) is 1.31. The highest BCUT2D eigenvalue weighted by atomic mass is 79.9. The topological polar surface area (TPSA) is 12.0 Å². The Bertz CT molecular complexity index is 338. The molecule has 1 N–H and O–H groups in total. The Hall–Kier alpha value is -0.310. The Kier molecular flexibility index (Phi) is 5.37. The fraction of sp³-hybridized carbons (Fsp3) is 0.333. The van der Waals surface area contributed by atoms with E-state index in [-0.39, 0.29) is 0 Å². The number of hydrogen-bond donors (Lipinski definition) is 1. The first-order valence-corrected chi connectivity index (χ1v) is 6.06. The largest absolute Gasteiger partial charge is 0.309 e. The highest BCUT2D eigenvalue weighted by Gasteiger charge is 2.03. The molecular weight excluding hydrogens is 273 g/mol. The van der Waals surface area contributed by atoms with Gasteiger partial charge in [0.1, 0.15) is 0 Å². The molecule has 1 rings (SSSR count). The maximum Gasteiger partial charge on any atom is 0.0310 e. The van der Waals surface area contributed by atoms with E-state index in [1.54, 1.807) is 0 Å². The van der Waals surface area contributed by atoms with Gasteiger partial charge in [-0.25, -0.2) is 0 Å². The van der Waals surface area contributed by atoms with Crippen molar-refractivity contribution in [3.63, 3.8) is 0 Å². The summed E-state index contributed by atoms with van der Waals surface area (Å²) in [7, 11) is 0. The lowest BCUT2D eigenvalue weighted by molar-refractivity contribution is 0.578. The molecule has 0 aliphatic carbocycles. The summed E-state index contributed by atoms with van der Waals surface area (Å²) in [5, 5.41) is 3.95. The van der Waals surface area contributed by atoms with Crippen LogP contribution in [-0.2, 0) is 6.42 Å². The van der Waals surface area contributed by atoms with Crippen LogP contribution in [0.1, 0.15) is 12.5 Å². The van der Waals surface area contributed by atoms with Crippen LogP contribution in [0.4, 0.5) is 0 Å². The van der Waals surface area contributed by atoms with E-state index >= 15 is 0 Å². The Morgan fingerprint density at radius 3 is 2.93 bits per heavy atom. The Morgan fingerprint density at radius 2 is 2.33 bits per heavy atom. The number of rotatable bonds is 5. The van der Waals surface area contributed by atoms with Gasteiger partial charge in [0.25, 0.3) is 0 Å². The van der Waals surface area contributed by atoms with Gasteiger partial charge < -0.3 is 5.32 Å². The predicted molar refractivity (Wildman–Crippen MR) is 70.3 cm³/mol. The van der Waals surface area contributed by atoms with Gasteiger partial charge in [0.2, 0.25) is 0 Å². The van der Waals surface area contributed by atoms with Gasteiger partial charge in [0.05, 0.1) is 0 Å². The minimum absolute atomic E-state index is 0.398. The summed E-state index contributed by atoms with van der Waals surface area (Å²) in [6.07, 6.45) is 0.990. The van der Waals surface area contributed by atoms with Crippen LogP contribution >= 0.6 is 27.5 Å². The van der Waals surface area contributed by atoms with Gasteiger partial charge in [0.15, 0.2) is 0 Å². The van der Waals surface area contributed by atoms with Crippen LogP contribution in [0.2, 0.25) is 0 Å². The van der Waals surface area contributed by atoms with Crippen LogP contribution in [0, 0.1) is 0 Å². The van der Waals surface area contributed by atoms with Crippen LogP contribution in [0.25, 0.3) is 0 Å². The van der Waals surface area contributed by atoms with Gasteiger partial charge in [0, 0.05) is 22.1 Å². The van der Waals surface area contributed by atoms with Crippen LogP contribution in [0.3, 0.4) is 0 Å². The highest BCUT2D eigenvalue weighted by Crippen LogP contribution is 2.13. The van der Waals surface area contributed by atoms with E-state index in [9.17, 15) is 0 Å². The second kappa shape index (κ2) is 6.31. The molecule has 0 saturated carbocycles. The van der Waals surface area contributed by atoms with Crippen molar-refractivity contribution in [2.75, 3.05) is 6.54 Å². The quantitative estimate of drug-likeness (QED) is 0.871. The van der Waals surface area contributed by atoms with Crippen molar-refractivity contribution in [2.45, 2.75) is 19.4 Å². The lowest BCUT2D eigenvalue weighted by Gasteiger charge is -2.13. The molecule has 0 amide bonds. The molecule has 0 aliphatic heterocycles. The van der Waals surface area contributed by atoms with Crippen molar-refractivity contribution in [3.8, 4) is 0 Å². The standard InChI is InChI=1S/C12H15BrClN/c1-9(14)8-15-10(2)6-11-4-3-5-12(13)7-11/h3-5,7,10,15H,1,6,8H2,2H3. The first-order valence-electron chi connectivity index (χ1n) is 4.89. The fourth-order valence-corrected chi connectivity index (χ4v) is 1.90. The van der Waals surface area contributed by atoms with Crippen molar-refractivity contribution in [2.24, 2.45) is 0 Å². The molecule has 1 aromatic rings. The van der Waals surface area contributed by atoms with Crippen molar-refractivity contribution >= 4 is 27.5 Å². The first kappa shape index (κ1) is 12.8. The zero-order valence-corrected chi connectivity index (χ0v) is 11.1. The Balaban J connectivity index is 2.44. The summed E-state index contributed by atoms with van der Waals surface area (Å²) in [6.45, 7) is 6.45. The third-order valence-corrected chi connectivity index (χ3v) is 2.70. The molecule has 3 heteroatoms. The summed E-state index contributed by atoms with van der Waals surface area (Å²) in [4.78, 5) is 0. The third-order valence-electron chi connectivity index (χ3n) is 2.07. The molecule has 15 heavy (non-hydrogen) atoms. The molecule has 0 heterocycles. The van der Waals surface area contributed by atoms with Crippen LogP contribution in [-0.4, -0.2) is 12.6 Å². The van der Waals surface area contributed by atoms with E-state index in [4.69, 9.17) is 11.6 Å². The minimum atomic E-state index is 0.398. The molecule has 0 spiro atoms. The molecule has 1 aromatic carbocycles. The molecule has 1 unspecified atom stereocenters. The number of hydrogen-bond acceptors (Lipinski definition) is 1. The fourth-order valence-electron chi connectivity index (χ4n) is 1.37. The van der Waals surface area contributed by atoms with Gasteiger partial charge >= 0.3 is 0 Å². The van der Waals surface area contributed by atoms with E-state index in [2.05, 4.69) is 46.9 Å². The Labute approximate surface area is 105 Å². The molecule has 82 valence electrons. The summed E-state index contributed by atoms with van der Waals surface area (Å²) in [5.74, 6) is 0. The predicted octanol–water partition coefficient (Wildman–Crippen LogP) is 3.72. The van der Waals surface area contributed by atoms with E-state index < -0.39 is 0 Å². The van der Waals surface area contributed by atoms with Crippen molar-refractivity contribution in [3.05, 3.63) is 45.9 Å². The van der Waals surface area contributed by atoms with Crippen LogP contribution in [0.15, 0.2) is 40.3 Å². The number of nitrogens with one attached hydrogen (secondary N) is 1. The second-order valence-corrected chi connectivity index (χ2v) is 5.08. The normalized spacial score (nSPS) is 12.5. The lowest BCUT2D eigenvalue weighted by atomic mass is 10.1. The summed E-state index contributed by atoms with van der Waals surface area (Å²) < 4.78 is 1.12. The highest BCUT2D eigenvalue weighted by molar-refractivity contribution is 9.10. The SMILES string of the molecule is C=C(Cl)CNC(C)Cc1cccc(Br)c1. The first-order chi connectivity index (χ1) is 7.08. The zero-order valence-electron chi connectivity index (χ0n) is 8.76. The molecule has 1 nitrogen and oxygen atoms in total. The second-order valence-electron chi connectivity index (χ2n) is 3.63. The lowest BCUT2D eigenvalue weighted by Crippen LogP contribution is -2.28. The molecule has 0 fully saturated rings. The summed E-state index contributed by atoms with van der Waals surface area (Å²) in [6, 6.07) is 8.73. The monoisotopic (exact) mass is 287 g/mol.